The summed E-state index contributed by atoms with van der Waals surface area (Å²) >= 11 is 0. The van der Waals surface area contributed by atoms with Gasteiger partial charge in [-0.25, -0.2) is 0 Å². The number of hydrogen-bond donors (Lipinski definition) is 1. The SMILES string of the molecule is CC[N+](CC)(CCC(=N)[O-])c1ccc2c(cnn2S(=O)(=O)c2cccc3ccccc23)c1. The second kappa shape index (κ2) is 8.37. The zero-order valence-electron chi connectivity index (χ0n) is 18.2. The minimum Gasteiger partial charge on any atom is -0.862 e. The molecule has 0 aliphatic rings. The van der Waals surface area contributed by atoms with Crippen molar-refractivity contribution in [3.8, 4) is 0 Å². The van der Waals surface area contributed by atoms with Crippen LogP contribution in [0.5, 0.6) is 0 Å². The third kappa shape index (κ3) is 3.65. The Kier molecular flexibility index (Phi) is 5.75. The first-order valence-corrected chi connectivity index (χ1v) is 12.1. The van der Waals surface area contributed by atoms with Gasteiger partial charge in [-0.15, -0.1) is 0 Å². The minimum absolute atomic E-state index is 0.175. The summed E-state index contributed by atoms with van der Waals surface area (Å²) in [6.07, 6.45) is 1.74. The van der Waals surface area contributed by atoms with Crippen LogP contribution >= 0.6 is 0 Å². The Morgan fingerprint density at radius 3 is 2.47 bits per heavy atom. The van der Waals surface area contributed by atoms with E-state index < -0.39 is 15.9 Å². The Morgan fingerprint density at radius 1 is 1.03 bits per heavy atom. The monoisotopic (exact) mass is 450 g/mol. The molecule has 0 bridgehead atoms. The quantitative estimate of drug-likeness (QED) is 0.252. The van der Waals surface area contributed by atoms with Crippen LogP contribution in [0.1, 0.15) is 20.3 Å². The van der Waals surface area contributed by atoms with E-state index in [1.807, 2.05) is 36.4 Å². The van der Waals surface area contributed by atoms with Crippen LogP contribution in [0, 0.1) is 5.41 Å². The first-order valence-electron chi connectivity index (χ1n) is 10.6. The highest BCUT2D eigenvalue weighted by Crippen LogP contribution is 2.31. The number of rotatable bonds is 8. The number of hydrogen-bond acceptors (Lipinski definition) is 5. The van der Waals surface area contributed by atoms with Crippen LogP contribution in [-0.4, -0.2) is 43.1 Å². The van der Waals surface area contributed by atoms with Crippen LogP contribution < -0.4 is 9.59 Å². The van der Waals surface area contributed by atoms with Crippen molar-refractivity contribution in [3.63, 3.8) is 0 Å². The van der Waals surface area contributed by atoms with E-state index in [4.69, 9.17) is 5.41 Å². The molecular weight excluding hydrogens is 424 g/mol. The predicted octanol–water partition coefficient (Wildman–Crippen LogP) is 3.50. The summed E-state index contributed by atoms with van der Waals surface area (Å²) in [6.45, 7) is 6.16. The molecular formula is C24H26N4O3S. The lowest BCUT2D eigenvalue weighted by Crippen LogP contribution is -2.50. The molecule has 0 saturated heterocycles. The molecule has 0 aliphatic heterocycles. The summed E-state index contributed by atoms with van der Waals surface area (Å²) in [5, 5.41) is 25.0. The topological polar surface area (TPSA) is 98.9 Å². The molecule has 4 rings (SSSR count). The number of aromatic nitrogens is 2. The molecule has 0 unspecified atom stereocenters. The third-order valence-electron chi connectivity index (χ3n) is 6.30. The molecule has 7 nitrogen and oxygen atoms in total. The van der Waals surface area contributed by atoms with E-state index >= 15 is 0 Å². The molecule has 0 fully saturated rings. The maximum absolute atomic E-state index is 13.5. The van der Waals surface area contributed by atoms with Crippen LogP contribution in [-0.2, 0) is 10.0 Å². The molecule has 0 radical (unpaired) electrons. The number of nitrogens with zero attached hydrogens (tertiary/aromatic N) is 3. The summed E-state index contributed by atoms with van der Waals surface area (Å²) in [5.41, 5.74) is 1.48. The van der Waals surface area contributed by atoms with Gasteiger partial charge in [0.25, 0.3) is 10.0 Å². The van der Waals surface area contributed by atoms with Crippen LogP contribution in [0.25, 0.3) is 21.7 Å². The van der Waals surface area contributed by atoms with Gasteiger partial charge < -0.3 is 10.5 Å². The van der Waals surface area contributed by atoms with Crippen molar-refractivity contribution in [3.05, 3.63) is 66.9 Å². The Bertz CT molecular complexity index is 1400. The van der Waals surface area contributed by atoms with Gasteiger partial charge in [0.2, 0.25) is 0 Å². The standard InChI is InChI=1S/C24H26N4O3S/c1-3-28(4-2,15-14-24(25)29)20-12-13-22-19(16-20)17-26-27(22)32(30,31)23-11-7-9-18-8-5-6-10-21(18)23/h5-13,16-17H,3-4,14-15H2,1-2H3,(H-,25,29). The van der Waals surface area contributed by atoms with Crippen molar-refractivity contribution >= 4 is 43.3 Å². The molecule has 0 atom stereocenters. The highest BCUT2D eigenvalue weighted by Gasteiger charge is 2.28. The Balaban J connectivity index is 1.81. The fourth-order valence-electron chi connectivity index (χ4n) is 4.35. The lowest BCUT2D eigenvalue weighted by molar-refractivity contribution is -0.220. The van der Waals surface area contributed by atoms with E-state index in [0.717, 1.165) is 28.3 Å². The highest BCUT2D eigenvalue weighted by atomic mass is 32.2. The number of fused-ring (bicyclic) bond motifs is 2. The molecule has 3 aromatic carbocycles. The van der Waals surface area contributed by atoms with Crippen molar-refractivity contribution in [2.24, 2.45) is 0 Å². The van der Waals surface area contributed by atoms with Crippen molar-refractivity contribution in [2.45, 2.75) is 25.2 Å². The van der Waals surface area contributed by atoms with Crippen LogP contribution in [0.3, 0.4) is 0 Å². The van der Waals surface area contributed by atoms with Gasteiger partial charge in [0.1, 0.15) is 5.69 Å². The van der Waals surface area contributed by atoms with Gasteiger partial charge in [-0.05, 0) is 37.3 Å². The predicted molar refractivity (Wildman–Crippen MR) is 126 cm³/mol. The average molecular weight is 451 g/mol. The molecule has 166 valence electrons. The third-order valence-corrected chi connectivity index (χ3v) is 7.96. The smallest absolute Gasteiger partial charge is 0.284 e. The minimum atomic E-state index is -3.90. The van der Waals surface area contributed by atoms with Crippen LogP contribution in [0.2, 0.25) is 0 Å². The average Bonchev–Trinajstić information content (AvgIpc) is 3.24. The van der Waals surface area contributed by atoms with Gasteiger partial charge in [0.05, 0.1) is 36.2 Å². The molecule has 32 heavy (non-hydrogen) atoms. The van der Waals surface area contributed by atoms with E-state index in [-0.39, 0.29) is 11.3 Å². The Hall–Kier alpha value is -3.23. The van der Waals surface area contributed by atoms with Crippen LogP contribution in [0.15, 0.2) is 71.8 Å². The molecule has 0 saturated carbocycles. The molecule has 0 amide bonds. The molecule has 1 aromatic heterocycles. The van der Waals surface area contributed by atoms with Crippen molar-refractivity contribution in [2.75, 3.05) is 19.6 Å². The van der Waals surface area contributed by atoms with Gasteiger partial charge in [0, 0.05) is 29.3 Å². The normalized spacial score (nSPS) is 12.4. The fraction of sp³-hybridized carbons (Fsp3) is 0.250. The fourth-order valence-corrected chi connectivity index (χ4v) is 5.84. The Morgan fingerprint density at radius 2 is 1.75 bits per heavy atom. The van der Waals surface area contributed by atoms with Crippen LogP contribution in [0.4, 0.5) is 5.69 Å². The highest BCUT2D eigenvalue weighted by molar-refractivity contribution is 7.90. The summed E-state index contributed by atoms with van der Waals surface area (Å²) in [5.74, 6) is -0.579. The van der Waals surface area contributed by atoms with Gasteiger partial charge in [0.15, 0.2) is 0 Å². The van der Waals surface area contributed by atoms with Crippen molar-refractivity contribution < 1.29 is 13.5 Å². The van der Waals surface area contributed by atoms with Gasteiger partial charge in [-0.2, -0.15) is 17.6 Å². The largest absolute Gasteiger partial charge is 0.862 e. The zero-order chi connectivity index (χ0) is 22.9. The summed E-state index contributed by atoms with van der Waals surface area (Å²) in [7, 11) is -3.90. The van der Waals surface area contributed by atoms with Gasteiger partial charge in [-0.1, -0.05) is 36.4 Å². The first-order chi connectivity index (χ1) is 15.3. The molecule has 0 aliphatic carbocycles. The van der Waals surface area contributed by atoms with Gasteiger partial charge >= 0.3 is 0 Å². The molecule has 1 N–H and O–H groups in total. The summed E-state index contributed by atoms with van der Waals surface area (Å²) < 4.78 is 28.7. The number of benzene rings is 3. The molecule has 4 aromatic rings. The Labute approximate surface area is 187 Å². The lowest BCUT2D eigenvalue weighted by Gasteiger charge is -2.37. The zero-order valence-corrected chi connectivity index (χ0v) is 19.0. The second-order valence-electron chi connectivity index (χ2n) is 7.89. The van der Waals surface area contributed by atoms with Crippen molar-refractivity contribution in [1.82, 2.24) is 13.7 Å². The van der Waals surface area contributed by atoms with E-state index in [1.165, 1.54) is 0 Å². The van der Waals surface area contributed by atoms with E-state index in [2.05, 4.69) is 18.9 Å². The van der Waals surface area contributed by atoms with E-state index in [1.54, 1.807) is 30.5 Å². The molecule has 0 spiro atoms. The summed E-state index contributed by atoms with van der Waals surface area (Å²) in [6, 6.07) is 18.2. The van der Waals surface area contributed by atoms with E-state index in [0.29, 0.717) is 27.3 Å². The van der Waals surface area contributed by atoms with Gasteiger partial charge in [-0.3, -0.25) is 4.48 Å². The van der Waals surface area contributed by atoms with E-state index in [9.17, 15) is 13.5 Å². The molecule has 1 heterocycles. The maximum atomic E-state index is 13.5. The lowest BCUT2D eigenvalue weighted by atomic mass is 10.1. The number of quaternary nitrogens is 1. The number of nitrogens with one attached hydrogen (secondary N) is 1. The molecule has 8 heteroatoms. The second-order valence-corrected chi connectivity index (χ2v) is 9.62. The first kappa shape index (κ1) is 22.0. The maximum Gasteiger partial charge on any atom is 0.284 e. The van der Waals surface area contributed by atoms with Crippen molar-refractivity contribution in [1.29, 1.82) is 5.41 Å². The summed E-state index contributed by atoms with van der Waals surface area (Å²) in [4.78, 5) is 0.214.